The standard InChI is InChI=1S/C17H14FN3O3/c1-23-12-6-4-5-11(9-12)17-20-15(21-24-17)10-16(22)19-14-8-3-2-7-13(14)18/h2-9H,10H2,1H3,(H,19,22). The summed E-state index contributed by atoms with van der Waals surface area (Å²) in [5.74, 6) is 0.211. The third-order valence-electron chi connectivity index (χ3n) is 3.25. The molecule has 0 saturated heterocycles. The number of ether oxygens (including phenoxy) is 1. The first-order chi connectivity index (χ1) is 11.7. The first-order valence-corrected chi connectivity index (χ1v) is 7.17. The van der Waals surface area contributed by atoms with Crippen LogP contribution in [0, 0.1) is 5.82 Å². The normalized spacial score (nSPS) is 10.4. The van der Waals surface area contributed by atoms with Gasteiger partial charge in [0.05, 0.1) is 19.2 Å². The van der Waals surface area contributed by atoms with Crippen LogP contribution in [0.2, 0.25) is 0 Å². The maximum Gasteiger partial charge on any atom is 0.258 e. The molecule has 1 heterocycles. The lowest BCUT2D eigenvalue weighted by atomic mass is 10.2. The predicted molar refractivity (Wildman–Crippen MR) is 85.0 cm³/mol. The van der Waals surface area contributed by atoms with E-state index >= 15 is 0 Å². The van der Waals surface area contributed by atoms with Crippen molar-refractivity contribution in [1.82, 2.24) is 10.1 Å². The van der Waals surface area contributed by atoms with Gasteiger partial charge in [-0.2, -0.15) is 4.98 Å². The Morgan fingerprint density at radius 3 is 2.88 bits per heavy atom. The number of halogens is 1. The minimum atomic E-state index is -0.504. The van der Waals surface area contributed by atoms with E-state index in [2.05, 4.69) is 15.5 Å². The molecule has 0 aliphatic rings. The smallest absolute Gasteiger partial charge is 0.258 e. The lowest BCUT2D eigenvalue weighted by Gasteiger charge is -2.03. The Bertz CT molecular complexity index is 864. The number of anilines is 1. The molecule has 7 heteroatoms. The summed E-state index contributed by atoms with van der Waals surface area (Å²) in [5, 5.41) is 6.24. The number of benzene rings is 2. The van der Waals surface area contributed by atoms with E-state index in [9.17, 15) is 9.18 Å². The summed E-state index contributed by atoms with van der Waals surface area (Å²) in [6.07, 6.45) is -0.123. The van der Waals surface area contributed by atoms with E-state index in [1.807, 2.05) is 0 Å². The maximum atomic E-state index is 13.5. The number of methoxy groups -OCH3 is 1. The van der Waals surface area contributed by atoms with Gasteiger partial charge in [0.2, 0.25) is 5.91 Å². The number of carbonyl (C=O) groups is 1. The molecule has 0 bridgehead atoms. The Morgan fingerprint density at radius 2 is 2.08 bits per heavy atom. The summed E-state index contributed by atoms with van der Waals surface area (Å²) in [5.41, 5.74) is 0.793. The highest BCUT2D eigenvalue weighted by Gasteiger charge is 2.14. The third kappa shape index (κ3) is 3.57. The summed E-state index contributed by atoms with van der Waals surface area (Å²) in [6.45, 7) is 0. The van der Waals surface area contributed by atoms with Gasteiger partial charge in [-0.3, -0.25) is 4.79 Å². The molecule has 0 atom stereocenters. The van der Waals surface area contributed by atoms with Crippen LogP contribution < -0.4 is 10.1 Å². The molecule has 6 nitrogen and oxygen atoms in total. The Kier molecular flexibility index (Phi) is 4.51. The minimum absolute atomic E-state index is 0.110. The van der Waals surface area contributed by atoms with Gasteiger partial charge in [0.25, 0.3) is 5.89 Å². The minimum Gasteiger partial charge on any atom is -0.497 e. The fraction of sp³-hybridized carbons (Fsp3) is 0.118. The Morgan fingerprint density at radius 1 is 1.25 bits per heavy atom. The van der Waals surface area contributed by atoms with E-state index in [1.165, 1.54) is 12.1 Å². The monoisotopic (exact) mass is 327 g/mol. The zero-order chi connectivity index (χ0) is 16.9. The molecule has 2 aromatic carbocycles. The second kappa shape index (κ2) is 6.91. The van der Waals surface area contributed by atoms with E-state index in [1.54, 1.807) is 43.5 Å². The topological polar surface area (TPSA) is 77.2 Å². The number of hydrogen-bond donors (Lipinski definition) is 1. The van der Waals surface area contributed by atoms with Gasteiger partial charge in [-0.25, -0.2) is 4.39 Å². The summed E-state index contributed by atoms with van der Waals surface area (Å²) in [4.78, 5) is 16.1. The molecule has 0 spiro atoms. The van der Waals surface area contributed by atoms with Crippen LogP contribution in [0.15, 0.2) is 53.1 Å². The van der Waals surface area contributed by atoms with Gasteiger partial charge in [-0.15, -0.1) is 0 Å². The second-order valence-electron chi connectivity index (χ2n) is 4.95. The van der Waals surface area contributed by atoms with Gasteiger partial charge in [-0.05, 0) is 30.3 Å². The van der Waals surface area contributed by atoms with Crippen molar-refractivity contribution in [3.8, 4) is 17.2 Å². The zero-order valence-corrected chi connectivity index (χ0v) is 12.8. The molecular weight excluding hydrogens is 313 g/mol. The molecule has 3 aromatic rings. The fourth-order valence-electron chi connectivity index (χ4n) is 2.10. The number of amides is 1. The summed E-state index contributed by atoms with van der Waals surface area (Å²) < 4.78 is 23.8. The largest absolute Gasteiger partial charge is 0.497 e. The van der Waals surface area contributed by atoms with Crippen molar-refractivity contribution in [3.63, 3.8) is 0 Å². The predicted octanol–water partition coefficient (Wildman–Crippen LogP) is 3.07. The SMILES string of the molecule is COc1cccc(-c2nc(CC(=O)Nc3ccccc3F)no2)c1. The molecule has 0 aliphatic heterocycles. The number of rotatable bonds is 5. The maximum absolute atomic E-state index is 13.5. The van der Waals surface area contributed by atoms with Crippen LogP contribution in [0.5, 0.6) is 5.75 Å². The highest BCUT2D eigenvalue weighted by Crippen LogP contribution is 2.22. The van der Waals surface area contributed by atoms with E-state index < -0.39 is 11.7 Å². The highest BCUT2D eigenvalue weighted by atomic mass is 19.1. The van der Waals surface area contributed by atoms with E-state index in [0.29, 0.717) is 11.3 Å². The molecular formula is C17H14FN3O3. The molecule has 1 aromatic heterocycles. The molecule has 1 N–H and O–H groups in total. The molecule has 24 heavy (non-hydrogen) atoms. The van der Waals surface area contributed by atoms with Crippen LogP contribution in [0.3, 0.4) is 0 Å². The lowest BCUT2D eigenvalue weighted by Crippen LogP contribution is -2.16. The van der Waals surface area contributed by atoms with Gasteiger partial charge in [0.1, 0.15) is 11.6 Å². The summed E-state index contributed by atoms with van der Waals surface area (Å²) >= 11 is 0. The quantitative estimate of drug-likeness (QED) is 0.779. The van der Waals surface area contributed by atoms with Crippen LogP contribution in [-0.4, -0.2) is 23.2 Å². The average molecular weight is 327 g/mol. The van der Waals surface area contributed by atoms with Crippen LogP contribution in [0.25, 0.3) is 11.5 Å². The molecule has 0 saturated carbocycles. The van der Waals surface area contributed by atoms with Gasteiger partial charge < -0.3 is 14.6 Å². The Labute approximate surface area is 137 Å². The Hall–Kier alpha value is -3.22. The second-order valence-corrected chi connectivity index (χ2v) is 4.95. The van der Waals surface area contributed by atoms with Crippen LogP contribution in [0.4, 0.5) is 10.1 Å². The number of nitrogens with zero attached hydrogens (tertiary/aromatic N) is 2. The van der Waals surface area contributed by atoms with Gasteiger partial charge in [0.15, 0.2) is 5.82 Å². The number of carbonyl (C=O) groups excluding carboxylic acids is 1. The van der Waals surface area contributed by atoms with Crippen molar-refractivity contribution in [2.75, 3.05) is 12.4 Å². The molecule has 3 rings (SSSR count). The average Bonchev–Trinajstić information content (AvgIpc) is 3.05. The van der Waals surface area contributed by atoms with Crippen LogP contribution in [0.1, 0.15) is 5.82 Å². The van der Waals surface area contributed by atoms with Crippen molar-refractivity contribution >= 4 is 11.6 Å². The van der Waals surface area contributed by atoms with E-state index in [-0.39, 0.29) is 23.8 Å². The van der Waals surface area contributed by atoms with E-state index in [0.717, 1.165) is 0 Å². The molecule has 0 fully saturated rings. The van der Waals surface area contributed by atoms with Gasteiger partial charge in [-0.1, -0.05) is 23.4 Å². The van der Waals surface area contributed by atoms with Crippen molar-refractivity contribution < 1.29 is 18.4 Å². The number of nitrogens with one attached hydrogen (secondary N) is 1. The number of para-hydroxylation sites is 1. The van der Waals surface area contributed by atoms with Crippen molar-refractivity contribution in [2.24, 2.45) is 0 Å². The fourth-order valence-corrected chi connectivity index (χ4v) is 2.10. The van der Waals surface area contributed by atoms with Crippen LogP contribution in [-0.2, 0) is 11.2 Å². The summed E-state index contributed by atoms with van der Waals surface area (Å²) in [6, 6.07) is 13.1. The number of aromatic nitrogens is 2. The zero-order valence-electron chi connectivity index (χ0n) is 12.8. The molecule has 0 aliphatic carbocycles. The van der Waals surface area contributed by atoms with Crippen molar-refractivity contribution in [3.05, 3.63) is 60.2 Å². The first-order valence-electron chi connectivity index (χ1n) is 7.17. The molecule has 0 radical (unpaired) electrons. The molecule has 0 unspecified atom stereocenters. The molecule has 1 amide bonds. The molecule has 122 valence electrons. The van der Waals surface area contributed by atoms with Crippen LogP contribution >= 0.6 is 0 Å². The Balaban J connectivity index is 1.69. The third-order valence-corrected chi connectivity index (χ3v) is 3.25. The summed E-state index contributed by atoms with van der Waals surface area (Å²) in [7, 11) is 1.56. The van der Waals surface area contributed by atoms with Gasteiger partial charge in [0, 0.05) is 5.56 Å². The highest BCUT2D eigenvalue weighted by molar-refractivity contribution is 5.91. The lowest BCUT2D eigenvalue weighted by molar-refractivity contribution is -0.115. The number of hydrogen-bond acceptors (Lipinski definition) is 5. The van der Waals surface area contributed by atoms with E-state index in [4.69, 9.17) is 9.26 Å². The van der Waals surface area contributed by atoms with Crippen molar-refractivity contribution in [1.29, 1.82) is 0 Å². The van der Waals surface area contributed by atoms with Crippen molar-refractivity contribution in [2.45, 2.75) is 6.42 Å². The first kappa shape index (κ1) is 15.7. The van der Waals surface area contributed by atoms with Gasteiger partial charge >= 0.3 is 0 Å².